The summed E-state index contributed by atoms with van der Waals surface area (Å²) in [6.07, 6.45) is 5.61. The number of rotatable bonds is 6. The van der Waals surface area contributed by atoms with Crippen LogP contribution in [-0.2, 0) is 16.8 Å². The van der Waals surface area contributed by atoms with E-state index in [9.17, 15) is 4.79 Å². The Morgan fingerprint density at radius 3 is 2.81 bits per heavy atom. The first kappa shape index (κ1) is 17.7. The van der Waals surface area contributed by atoms with Crippen molar-refractivity contribution in [3.05, 3.63) is 47.7 Å². The zero-order chi connectivity index (χ0) is 18.9. The first-order valence-corrected chi connectivity index (χ1v) is 9.33. The Morgan fingerprint density at radius 2 is 2.11 bits per heavy atom. The van der Waals surface area contributed by atoms with Gasteiger partial charge >= 0.3 is 0 Å². The second-order valence-electron chi connectivity index (χ2n) is 7.13. The quantitative estimate of drug-likeness (QED) is 0.723. The Balaban J connectivity index is 1.68. The monoisotopic (exact) mass is 368 g/mol. The first-order chi connectivity index (χ1) is 13.1. The number of aromatic nitrogens is 3. The van der Waals surface area contributed by atoms with Gasteiger partial charge in [0.15, 0.2) is 5.82 Å². The number of ether oxygens (including phenoxy) is 1. The van der Waals surface area contributed by atoms with Crippen LogP contribution in [0.1, 0.15) is 47.8 Å². The molecular weight excluding hydrogens is 344 g/mol. The summed E-state index contributed by atoms with van der Waals surface area (Å²) in [6, 6.07) is 7.94. The van der Waals surface area contributed by atoms with Crippen molar-refractivity contribution in [2.45, 2.75) is 44.7 Å². The maximum absolute atomic E-state index is 13.2. The Kier molecular flexibility index (Phi) is 4.70. The van der Waals surface area contributed by atoms with Gasteiger partial charge in [0.05, 0.1) is 12.2 Å². The third-order valence-corrected chi connectivity index (χ3v) is 5.34. The molecule has 0 saturated heterocycles. The van der Waals surface area contributed by atoms with Crippen LogP contribution >= 0.6 is 0 Å². The van der Waals surface area contributed by atoms with Crippen LogP contribution in [0.25, 0.3) is 10.9 Å². The minimum absolute atomic E-state index is 0.105. The maximum Gasteiger partial charge on any atom is 0.254 e. The van der Waals surface area contributed by atoms with Gasteiger partial charge in [0, 0.05) is 37.7 Å². The van der Waals surface area contributed by atoms with Gasteiger partial charge in [-0.05, 0) is 18.9 Å². The van der Waals surface area contributed by atoms with E-state index in [1.54, 1.807) is 14.0 Å². The van der Waals surface area contributed by atoms with Crippen LogP contribution in [0.4, 0.5) is 0 Å². The van der Waals surface area contributed by atoms with E-state index in [1.807, 2.05) is 30.5 Å². The lowest BCUT2D eigenvalue weighted by Crippen LogP contribution is -2.44. The molecule has 0 atom stereocenters. The zero-order valence-corrected chi connectivity index (χ0v) is 15.7. The summed E-state index contributed by atoms with van der Waals surface area (Å²) in [5.74, 6) is 0.988. The number of methoxy groups -OCH3 is 1. The predicted molar refractivity (Wildman–Crippen MR) is 100 cm³/mol. The summed E-state index contributed by atoms with van der Waals surface area (Å²) in [5, 5.41) is 8.27. The first-order valence-electron chi connectivity index (χ1n) is 9.33. The van der Waals surface area contributed by atoms with Gasteiger partial charge < -0.3 is 19.1 Å². The van der Waals surface area contributed by atoms with Crippen molar-refractivity contribution in [2.75, 3.05) is 13.7 Å². The number of hydrogen-bond acceptors (Lipinski definition) is 5. The van der Waals surface area contributed by atoms with Crippen molar-refractivity contribution in [3.63, 3.8) is 0 Å². The summed E-state index contributed by atoms with van der Waals surface area (Å²) in [6.45, 7) is 3.05. The number of nitrogens with one attached hydrogen (secondary N) is 1. The van der Waals surface area contributed by atoms with Crippen molar-refractivity contribution in [1.29, 1.82) is 0 Å². The molecule has 0 unspecified atom stereocenters. The molecule has 1 N–H and O–H groups in total. The average molecular weight is 368 g/mol. The van der Waals surface area contributed by atoms with Crippen LogP contribution in [0.2, 0.25) is 0 Å². The lowest BCUT2D eigenvalue weighted by Gasteiger charge is -2.26. The standard InChI is InChI=1S/C20H24N4O3/c1-14-21-19(23-27-14)20(9-5-6-10-20)22-18(25)16-13-24(11-12-26-2)17-8-4-3-7-15(16)17/h3-4,7-8,13H,5-6,9-12H2,1-2H3,(H,22,25). The number of nitrogens with zero attached hydrogens (tertiary/aromatic N) is 3. The van der Waals surface area contributed by atoms with Crippen LogP contribution in [0.5, 0.6) is 0 Å². The molecule has 1 fully saturated rings. The second kappa shape index (κ2) is 7.15. The normalized spacial score (nSPS) is 16.1. The van der Waals surface area contributed by atoms with Crippen LogP contribution in [0.15, 0.2) is 35.0 Å². The Labute approximate surface area is 157 Å². The second-order valence-corrected chi connectivity index (χ2v) is 7.13. The highest BCUT2D eigenvalue weighted by Crippen LogP contribution is 2.38. The van der Waals surface area contributed by atoms with E-state index in [-0.39, 0.29) is 5.91 Å². The van der Waals surface area contributed by atoms with Gasteiger partial charge in [-0.25, -0.2) is 0 Å². The minimum atomic E-state index is -0.551. The van der Waals surface area contributed by atoms with Crippen molar-refractivity contribution in [3.8, 4) is 0 Å². The molecule has 1 amide bonds. The molecule has 2 heterocycles. The number of aryl methyl sites for hydroxylation is 1. The van der Waals surface area contributed by atoms with Gasteiger partial charge in [-0.1, -0.05) is 36.2 Å². The third kappa shape index (κ3) is 3.23. The van der Waals surface area contributed by atoms with Gasteiger partial charge in [-0.3, -0.25) is 4.79 Å². The number of para-hydroxylation sites is 1. The lowest BCUT2D eigenvalue weighted by atomic mass is 9.96. The van der Waals surface area contributed by atoms with Crippen LogP contribution < -0.4 is 5.32 Å². The Hall–Kier alpha value is -2.67. The van der Waals surface area contributed by atoms with Crippen LogP contribution in [0.3, 0.4) is 0 Å². The lowest BCUT2D eigenvalue weighted by molar-refractivity contribution is 0.0893. The van der Waals surface area contributed by atoms with E-state index in [0.717, 1.165) is 36.6 Å². The van der Waals surface area contributed by atoms with Gasteiger partial charge in [0.25, 0.3) is 5.91 Å². The molecule has 0 bridgehead atoms. The molecule has 142 valence electrons. The summed E-state index contributed by atoms with van der Waals surface area (Å²) in [4.78, 5) is 17.7. The molecular formula is C20H24N4O3. The highest BCUT2D eigenvalue weighted by atomic mass is 16.5. The van der Waals surface area contributed by atoms with E-state index in [1.165, 1.54) is 0 Å². The van der Waals surface area contributed by atoms with Crippen molar-refractivity contribution < 1.29 is 14.1 Å². The molecule has 1 aliphatic rings. The van der Waals surface area contributed by atoms with Crippen molar-refractivity contribution in [1.82, 2.24) is 20.0 Å². The van der Waals surface area contributed by atoms with Gasteiger partial charge in [0.2, 0.25) is 5.89 Å². The van der Waals surface area contributed by atoms with Crippen molar-refractivity contribution >= 4 is 16.8 Å². The largest absolute Gasteiger partial charge is 0.383 e. The summed E-state index contributed by atoms with van der Waals surface area (Å²) in [5.41, 5.74) is 1.13. The van der Waals surface area contributed by atoms with E-state index >= 15 is 0 Å². The molecule has 7 heteroatoms. The molecule has 0 aliphatic heterocycles. The van der Waals surface area contributed by atoms with E-state index in [2.05, 4.69) is 20.0 Å². The molecule has 1 saturated carbocycles. The van der Waals surface area contributed by atoms with Gasteiger partial charge in [0.1, 0.15) is 5.54 Å². The molecule has 27 heavy (non-hydrogen) atoms. The topological polar surface area (TPSA) is 82.2 Å². The van der Waals surface area contributed by atoms with Gasteiger partial charge in [-0.15, -0.1) is 0 Å². The number of amides is 1. The fourth-order valence-electron chi connectivity index (χ4n) is 3.96. The van der Waals surface area contributed by atoms with E-state index < -0.39 is 5.54 Å². The molecule has 0 spiro atoms. The molecule has 7 nitrogen and oxygen atoms in total. The average Bonchev–Trinajstić information content (AvgIpc) is 3.39. The third-order valence-electron chi connectivity index (χ3n) is 5.34. The number of benzene rings is 1. The minimum Gasteiger partial charge on any atom is -0.383 e. The van der Waals surface area contributed by atoms with E-state index in [4.69, 9.17) is 9.26 Å². The Morgan fingerprint density at radius 1 is 1.33 bits per heavy atom. The fraction of sp³-hybridized carbons (Fsp3) is 0.450. The van der Waals surface area contributed by atoms with Crippen LogP contribution in [0, 0.1) is 6.92 Å². The van der Waals surface area contributed by atoms with E-state index in [0.29, 0.717) is 30.4 Å². The zero-order valence-electron chi connectivity index (χ0n) is 15.7. The SMILES string of the molecule is COCCn1cc(C(=O)NC2(c3noc(C)n3)CCCC2)c2ccccc21. The van der Waals surface area contributed by atoms with Gasteiger partial charge in [-0.2, -0.15) is 4.98 Å². The van der Waals surface area contributed by atoms with Crippen LogP contribution in [-0.4, -0.2) is 34.3 Å². The summed E-state index contributed by atoms with van der Waals surface area (Å²) in [7, 11) is 1.68. The summed E-state index contributed by atoms with van der Waals surface area (Å²) >= 11 is 0. The predicted octanol–water partition coefficient (Wildman–Crippen LogP) is 3.18. The molecule has 2 aromatic heterocycles. The highest BCUT2D eigenvalue weighted by molar-refractivity contribution is 6.07. The Bertz CT molecular complexity index is 953. The number of hydrogen-bond donors (Lipinski definition) is 1. The fourth-order valence-corrected chi connectivity index (χ4v) is 3.96. The molecule has 1 aromatic carbocycles. The van der Waals surface area contributed by atoms with Crippen molar-refractivity contribution in [2.24, 2.45) is 0 Å². The smallest absolute Gasteiger partial charge is 0.254 e. The summed E-state index contributed by atoms with van der Waals surface area (Å²) < 4.78 is 12.4. The molecule has 3 aromatic rings. The number of carbonyl (C=O) groups excluding carboxylic acids is 1. The highest BCUT2D eigenvalue weighted by Gasteiger charge is 2.41. The maximum atomic E-state index is 13.2. The molecule has 1 aliphatic carbocycles. The molecule has 0 radical (unpaired) electrons. The number of fused-ring (bicyclic) bond motifs is 1. The molecule has 4 rings (SSSR count). The number of carbonyl (C=O) groups is 1.